The molecule has 6 heteroatoms. The van der Waals surface area contributed by atoms with Crippen LogP contribution in [-0.4, -0.2) is 34.5 Å². The van der Waals surface area contributed by atoms with Crippen molar-refractivity contribution in [1.82, 2.24) is 9.97 Å². The third-order valence-electron chi connectivity index (χ3n) is 3.33. The van der Waals surface area contributed by atoms with E-state index in [-0.39, 0.29) is 11.2 Å². The molecule has 0 aliphatic carbocycles. The normalized spacial score (nSPS) is 21.8. The number of aromatic nitrogens is 2. The highest BCUT2D eigenvalue weighted by Gasteiger charge is 2.52. The predicted molar refractivity (Wildman–Crippen MR) is 69.5 cm³/mol. The zero-order valence-corrected chi connectivity index (χ0v) is 11.7. The van der Waals surface area contributed by atoms with Crippen LogP contribution in [0.3, 0.4) is 0 Å². The van der Waals surface area contributed by atoms with Crippen molar-refractivity contribution in [3.63, 3.8) is 0 Å². The van der Waals surface area contributed by atoms with Gasteiger partial charge in [0, 0.05) is 6.20 Å². The monoisotopic (exact) mass is 252 g/mol. The minimum Gasteiger partial charge on any atom is -0.398 e. The van der Waals surface area contributed by atoms with Crippen molar-refractivity contribution in [2.45, 2.75) is 44.1 Å². The Morgan fingerprint density at radius 3 is 2.29 bits per heavy atom. The maximum atomic E-state index is 5.93. The van der Waals surface area contributed by atoms with Gasteiger partial charge in [-0.2, -0.15) is 0 Å². The van der Waals surface area contributed by atoms with Crippen LogP contribution in [-0.2, 0) is 9.31 Å². The average Bonchev–Trinajstić information content (AvgIpc) is 2.48. The number of nitrogens with zero attached hydrogens (tertiary/aromatic N) is 2. The third kappa shape index (κ3) is 2.34. The summed E-state index contributed by atoms with van der Waals surface area (Å²) in [5.74, 6) is 0. The van der Waals surface area contributed by atoms with Gasteiger partial charge in [-0.05, 0) is 40.0 Å². The topological polar surface area (TPSA) is 44.2 Å². The van der Waals surface area contributed by atoms with Crippen molar-refractivity contribution >= 4 is 24.5 Å². The Hall–Kier alpha value is -0.585. The molecule has 0 amide bonds. The van der Waals surface area contributed by atoms with Gasteiger partial charge in [-0.3, -0.25) is 0 Å². The van der Waals surface area contributed by atoms with E-state index in [0.717, 1.165) is 10.7 Å². The minimum absolute atomic E-state index is 0.331. The molecule has 0 saturated carbocycles. The van der Waals surface area contributed by atoms with E-state index in [0.29, 0.717) is 0 Å². The smallest absolute Gasteiger partial charge is 0.398 e. The quantitative estimate of drug-likeness (QED) is 0.453. The fourth-order valence-electron chi connectivity index (χ4n) is 1.55. The standard InChI is InChI=1S/C11H17BN2O2S/c1-10(2)11(3,4)16-12(15-10)8-6-7-13-9(14-8)17-5/h6-7H,1-5H3. The van der Waals surface area contributed by atoms with Crippen LogP contribution in [0.2, 0.25) is 0 Å². The Morgan fingerprint density at radius 2 is 1.76 bits per heavy atom. The summed E-state index contributed by atoms with van der Waals surface area (Å²) >= 11 is 1.51. The van der Waals surface area contributed by atoms with Gasteiger partial charge in [0.2, 0.25) is 0 Å². The molecule has 0 aromatic carbocycles. The molecule has 2 rings (SSSR count). The Labute approximate surface area is 107 Å². The first-order valence-electron chi connectivity index (χ1n) is 5.58. The molecule has 0 spiro atoms. The van der Waals surface area contributed by atoms with Crippen LogP contribution in [0, 0.1) is 0 Å². The van der Waals surface area contributed by atoms with E-state index in [1.807, 2.05) is 40.0 Å². The van der Waals surface area contributed by atoms with Gasteiger partial charge in [0.15, 0.2) is 5.16 Å². The maximum Gasteiger partial charge on any atom is 0.514 e. The van der Waals surface area contributed by atoms with Crippen LogP contribution < -0.4 is 5.59 Å². The molecule has 0 N–H and O–H groups in total. The summed E-state index contributed by atoms with van der Waals surface area (Å²) in [6.45, 7) is 8.13. The lowest BCUT2D eigenvalue weighted by Gasteiger charge is -2.32. The Bertz CT molecular complexity index is 410. The lowest BCUT2D eigenvalue weighted by atomic mass is 9.85. The second-order valence-electron chi connectivity index (χ2n) is 5.06. The van der Waals surface area contributed by atoms with Crippen LogP contribution in [0.4, 0.5) is 0 Å². The van der Waals surface area contributed by atoms with Crippen molar-refractivity contribution in [3.05, 3.63) is 12.3 Å². The summed E-state index contributed by atoms with van der Waals surface area (Å²) < 4.78 is 11.9. The predicted octanol–water partition coefficient (Wildman–Crippen LogP) is 1.50. The van der Waals surface area contributed by atoms with Crippen LogP contribution in [0.15, 0.2) is 17.4 Å². The molecule has 4 nitrogen and oxygen atoms in total. The van der Waals surface area contributed by atoms with E-state index in [1.54, 1.807) is 6.20 Å². The fraction of sp³-hybridized carbons (Fsp3) is 0.636. The highest BCUT2D eigenvalue weighted by molar-refractivity contribution is 7.98. The van der Waals surface area contributed by atoms with Gasteiger partial charge < -0.3 is 9.31 Å². The lowest BCUT2D eigenvalue weighted by molar-refractivity contribution is 0.00578. The summed E-state index contributed by atoms with van der Waals surface area (Å²) in [7, 11) is -0.408. The highest BCUT2D eigenvalue weighted by atomic mass is 32.2. The molecule has 1 aliphatic rings. The molecule has 92 valence electrons. The number of rotatable bonds is 2. The van der Waals surface area contributed by atoms with Crippen LogP contribution in [0.1, 0.15) is 27.7 Å². The molecule has 1 saturated heterocycles. The highest BCUT2D eigenvalue weighted by Crippen LogP contribution is 2.36. The Morgan fingerprint density at radius 1 is 1.18 bits per heavy atom. The zero-order valence-electron chi connectivity index (χ0n) is 10.9. The van der Waals surface area contributed by atoms with Crippen molar-refractivity contribution in [3.8, 4) is 0 Å². The number of thioether (sulfide) groups is 1. The van der Waals surface area contributed by atoms with Gasteiger partial charge in [-0.25, -0.2) is 9.97 Å². The molecule has 1 aliphatic heterocycles. The molecular weight excluding hydrogens is 235 g/mol. The van der Waals surface area contributed by atoms with Crippen molar-refractivity contribution in [2.24, 2.45) is 0 Å². The van der Waals surface area contributed by atoms with E-state index < -0.39 is 7.12 Å². The fourth-order valence-corrected chi connectivity index (χ4v) is 1.91. The molecule has 1 fully saturated rings. The molecule has 0 bridgehead atoms. The van der Waals surface area contributed by atoms with Gasteiger partial charge >= 0.3 is 7.12 Å². The number of hydrogen-bond acceptors (Lipinski definition) is 5. The summed E-state index contributed by atoms with van der Waals surface area (Å²) in [6, 6.07) is 1.84. The zero-order chi connectivity index (χ0) is 12.7. The first kappa shape index (κ1) is 12.9. The molecule has 17 heavy (non-hydrogen) atoms. The third-order valence-corrected chi connectivity index (χ3v) is 3.89. The summed E-state index contributed by atoms with van der Waals surface area (Å²) in [4.78, 5) is 8.55. The van der Waals surface area contributed by atoms with Crippen molar-refractivity contribution in [1.29, 1.82) is 0 Å². The lowest BCUT2D eigenvalue weighted by Crippen LogP contribution is -2.41. The van der Waals surface area contributed by atoms with Crippen LogP contribution in [0.25, 0.3) is 0 Å². The molecule has 0 unspecified atom stereocenters. The van der Waals surface area contributed by atoms with Gasteiger partial charge in [-0.15, -0.1) is 0 Å². The Balaban J connectivity index is 2.25. The van der Waals surface area contributed by atoms with Crippen molar-refractivity contribution < 1.29 is 9.31 Å². The van der Waals surface area contributed by atoms with Crippen molar-refractivity contribution in [2.75, 3.05) is 6.26 Å². The summed E-state index contributed by atoms with van der Waals surface area (Å²) in [5.41, 5.74) is 0.118. The summed E-state index contributed by atoms with van der Waals surface area (Å²) in [5, 5.41) is 0.734. The minimum atomic E-state index is -0.408. The average molecular weight is 252 g/mol. The van der Waals surface area contributed by atoms with Gasteiger partial charge in [-0.1, -0.05) is 11.8 Å². The van der Waals surface area contributed by atoms with E-state index >= 15 is 0 Å². The van der Waals surface area contributed by atoms with E-state index in [2.05, 4.69) is 9.97 Å². The van der Waals surface area contributed by atoms with Gasteiger partial charge in [0.1, 0.15) is 0 Å². The molecule has 1 aromatic rings. The molecule has 1 aromatic heterocycles. The molecule has 0 radical (unpaired) electrons. The maximum absolute atomic E-state index is 5.93. The van der Waals surface area contributed by atoms with E-state index in [1.165, 1.54) is 11.8 Å². The SMILES string of the molecule is CSc1nccc(B2OC(C)(C)C(C)(C)O2)n1. The van der Waals surface area contributed by atoms with E-state index in [4.69, 9.17) is 9.31 Å². The van der Waals surface area contributed by atoms with Gasteiger partial charge in [0.05, 0.1) is 16.8 Å². The second-order valence-corrected chi connectivity index (χ2v) is 5.83. The van der Waals surface area contributed by atoms with Gasteiger partial charge in [0.25, 0.3) is 0 Å². The summed E-state index contributed by atoms with van der Waals surface area (Å²) in [6.07, 6.45) is 3.68. The first-order chi connectivity index (χ1) is 7.86. The largest absolute Gasteiger partial charge is 0.514 e. The first-order valence-corrected chi connectivity index (χ1v) is 6.81. The molecular formula is C11H17BN2O2S. The molecule has 2 heterocycles. The Kier molecular flexibility index (Phi) is 3.22. The number of hydrogen-bond donors (Lipinski definition) is 0. The second kappa shape index (κ2) is 4.26. The molecule has 0 atom stereocenters. The van der Waals surface area contributed by atoms with Crippen LogP contribution in [0.5, 0.6) is 0 Å². The van der Waals surface area contributed by atoms with E-state index in [9.17, 15) is 0 Å². The van der Waals surface area contributed by atoms with Crippen LogP contribution >= 0.6 is 11.8 Å².